The normalized spacial score (nSPS) is 13.5. The van der Waals surface area contributed by atoms with Crippen LogP contribution in [-0.4, -0.2) is 23.8 Å². The number of non-ortho nitro benzene ring substituents is 1. The molecule has 0 saturated heterocycles. The molecule has 0 bridgehead atoms. The molecule has 1 aliphatic heterocycles. The number of methoxy groups -OCH3 is 1. The summed E-state index contributed by atoms with van der Waals surface area (Å²) in [6, 6.07) is 21.0. The van der Waals surface area contributed by atoms with Crippen molar-refractivity contribution in [3.8, 4) is 5.75 Å². The minimum absolute atomic E-state index is 0.0796. The van der Waals surface area contributed by atoms with Crippen LogP contribution in [0.4, 0.5) is 17.1 Å². The van der Waals surface area contributed by atoms with Crippen molar-refractivity contribution in [2.45, 2.75) is 0 Å². The number of ether oxygens (including phenoxy) is 1. The molecule has 0 radical (unpaired) electrons. The number of amides is 2. The van der Waals surface area contributed by atoms with E-state index in [4.69, 9.17) is 4.74 Å². The van der Waals surface area contributed by atoms with Gasteiger partial charge in [-0.2, -0.15) is 0 Å². The lowest BCUT2D eigenvalue weighted by molar-refractivity contribution is -0.384. The van der Waals surface area contributed by atoms with Crippen molar-refractivity contribution in [1.29, 1.82) is 0 Å². The predicted octanol–water partition coefficient (Wildman–Crippen LogP) is 4.00. The van der Waals surface area contributed by atoms with Crippen molar-refractivity contribution >= 4 is 34.4 Å². The van der Waals surface area contributed by atoms with Gasteiger partial charge >= 0.3 is 0 Å². The fourth-order valence-electron chi connectivity index (χ4n) is 3.32. The van der Waals surface area contributed by atoms with Gasteiger partial charge in [-0.05, 0) is 42.0 Å². The van der Waals surface area contributed by atoms with Gasteiger partial charge in [-0.25, -0.2) is 4.90 Å². The Morgan fingerprint density at radius 1 is 0.903 bits per heavy atom. The molecule has 3 aromatic carbocycles. The van der Waals surface area contributed by atoms with E-state index in [1.165, 1.54) is 31.4 Å². The second kappa shape index (κ2) is 8.11. The van der Waals surface area contributed by atoms with Crippen LogP contribution < -0.4 is 15.0 Å². The number of hydrogen-bond donors (Lipinski definition) is 1. The molecule has 0 atom stereocenters. The van der Waals surface area contributed by atoms with Crippen molar-refractivity contribution in [3.05, 3.63) is 100 Å². The Morgan fingerprint density at radius 2 is 1.61 bits per heavy atom. The SMILES string of the molecule is COc1cccc(NC2=C(c3ccc([N+](=O)[O-])cc3)C(=O)N(c3ccccc3)C2=O)c1. The number of nitrogens with zero attached hydrogens (tertiary/aromatic N) is 2. The summed E-state index contributed by atoms with van der Waals surface area (Å²) in [6.45, 7) is 0. The molecule has 1 aliphatic rings. The number of imide groups is 1. The standard InChI is InChI=1S/C23H17N3O5/c1-31-19-9-5-6-16(14-19)24-21-20(15-10-12-18(13-11-15)26(29)30)22(27)25(23(21)28)17-7-3-2-4-8-17/h2-14,24H,1H3. The molecule has 8 nitrogen and oxygen atoms in total. The number of nitro benzene ring substituents is 1. The summed E-state index contributed by atoms with van der Waals surface area (Å²) in [7, 11) is 1.53. The number of benzene rings is 3. The van der Waals surface area contributed by atoms with Crippen molar-refractivity contribution in [2.24, 2.45) is 0 Å². The maximum Gasteiger partial charge on any atom is 0.282 e. The molecule has 1 N–H and O–H groups in total. The topological polar surface area (TPSA) is 102 Å². The summed E-state index contributed by atoms with van der Waals surface area (Å²) >= 11 is 0. The molecule has 31 heavy (non-hydrogen) atoms. The number of rotatable bonds is 6. The molecule has 0 aromatic heterocycles. The molecular weight excluding hydrogens is 398 g/mol. The molecule has 154 valence electrons. The molecule has 1 heterocycles. The molecular formula is C23H17N3O5. The Bertz CT molecular complexity index is 1200. The summed E-state index contributed by atoms with van der Waals surface area (Å²) in [5.74, 6) is -0.456. The molecule has 2 amide bonds. The number of para-hydroxylation sites is 1. The van der Waals surface area contributed by atoms with E-state index in [0.717, 1.165) is 4.90 Å². The van der Waals surface area contributed by atoms with E-state index < -0.39 is 16.7 Å². The Hall–Kier alpha value is -4.46. The third-order valence-corrected chi connectivity index (χ3v) is 4.80. The highest BCUT2D eigenvalue weighted by Gasteiger charge is 2.40. The second-order valence-corrected chi connectivity index (χ2v) is 6.69. The maximum atomic E-state index is 13.3. The van der Waals surface area contributed by atoms with Crippen LogP contribution in [0, 0.1) is 10.1 Å². The predicted molar refractivity (Wildman–Crippen MR) is 116 cm³/mol. The van der Waals surface area contributed by atoms with Gasteiger partial charge in [-0.3, -0.25) is 19.7 Å². The van der Waals surface area contributed by atoms with Crippen LogP contribution >= 0.6 is 0 Å². The zero-order valence-electron chi connectivity index (χ0n) is 16.4. The average molecular weight is 415 g/mol. The fraction of sp³-hybridized carbons (Fsp3) is 0.0435. The van der Waals surface area contributed by atoms with Gasteiger partial charge in [-0.15, -0.1) is 0 Å². The first kappa shape index (κ1) is 19.8. The number of anilines is 2. The monoisotopic (exact) mass is 415 g/mol. The summed E-state index contributed by atoms with van der Waals surface area (Å²) in [5, 5.41) is 14.0. The zero-order valence-corrected chi connectivity index (χ0v) is 16.4. The second-order valence-electron chi connectivity index (χ2n) is 6.69. The number of carbonyl (C=O) groups is 2. The van der Waals surface area contributed by atoms with Crippen LogP contribution in [0.1, 0.15) is 5.56 Å². The van der Waals surface area contributed by atoms with Crippen LogP contribution in [0.2, 0.25) is 0 Å². The zero-order chi connectivity index (χ0) is 22.0. The lowest BCUT2D eigenvalue weighted by Gasteiger charge is -2.15. The summed E-state index contributed by atoms with van der Waals surface area (Å²) < 4.78 is 5.22. The van der Waals surface area contributed by atoms with Crippen LogP contribution in [0.25, 0.3) is 5.57 Å². The summed E-state index contributed by atoms with van der Waals surface area (Å²) in [5.41, 5.74) is 1.49. The molecule has 0 aliphatic carbocycles. The van der Waals surface area contributed by atoms with Gasteiger partial charge in [0.05, 0.1) is 23.3 Å². The van der Waals surface area contributed by atoms with E-state index in [9.17, 15) is 19.7 Å². The smallest absolute Gasteiger partial charge is 0.282 e. The Balaban J connectivity index is 1.81. The van der Waals surface area contributed by atoms with E-state index in [2.05, 4.69) is 5.32 Å². The summed E-state index contributed by atoms with van der Waals surface area (Å²) in [4.78, 5) is 38.1. The van der Waals surface area contributed by atoms with Gasteiger partial charge in [0.15, 0.2) is 0 Å². The molecule has 4 rings (SSSR count). The Labute approximate surface area is 177 Å². The van der Waals surface area contributed by atoms with Crippen LogP contribution in [0.5, 0.6) is 5.75 Å². The molecule has 3 aromatic rings. The molecule has 8 heteroatoms. The van der Waals surface area contributed by atoms with Crippen LogP contribution in [0.3, 0.4) is 0 Å². The van der Waals surface area contributed by atoms with Crippen molar-refractivity contribution in [1.82, 2.24) is 0 Å². The first-order chi connectivity index (χ1) is 15.0. The highest BCUT2D eigenvalue weighted by Crippen LogP contribution is 2.34. The Kier molecular flexibility index (Phi) is 5.19. The van der Waals surface area contributed by atoms with Gasteiger partial charge in [0.25, 0.3) is 17.5 Å². The van der Waals surface area contributed by atoms with Crippen LogP contribution in [-0.2, 0) is 9.59 Å². The minimum atomic E-state index is -0.522. The first-order valence-corrected chi connectivity index (χ1v) is 9.33. The molecule has 0 spiro atoms. The largest absolute Gasteiger partial charge is 0.497 e. The third kappa shape index (κ3) is 3.74. The number of nitro groups is 1. The van der Waals surface area contributed by atoms with Crippen LogP contribution in [0.15, 0.2) is 84.6 Å². The van der Waals surface area contributed by atoms with Gasteiger partial charge in [0.2, 0.25) is 0 Å². The van der Waals surface area contributed by atoms with Gasteiger partial charge in [0, 0.05) is 23.9 Å². The third-order valence-electron chi connectivity index (χ3n) is 4.80. The van der Waals surface area contributed by atoms with E-state index in [0.29, 0.717) is 22.7 Å². The summed E-state index contributed by atoms with van der Waals surface area (Å²) in [6.07, 6.45) is 0. The Morgan fingerprint density at radius 3 is 2.26 bits per heavy atom. The fourth-order valence-corrected chi connectivity index (χ4v) is 3.32. The number of nitrogens with one attached hydrogen (secondary N) is 1. The highest BCUT2D eigenvalue weighted by atomic mass is 16.6. The van der Waals surface area contributed by atoms with Crippen molar-refractivity contribution in [3.63, 3.8) is 0 Å². The van der Waals surface area contributed by atoms with E-state index in [1.54, 1.807) is 54.6 Å². The van der Waals surface area contributed by atoms with Gasteiger partial charge in [-0.1, -0.05) is 24.3 Å². The van der Waals surface area contributed by atoms with Gasteiger partial charge in [0.1, 0.15) is 11.4 Å². The van der Waals surface area contributed by atoms with E-state index >= 15 is 0 Å². The van der Waals surface area contributed by atoms with E-state index in [1.807, 2.05) is 0 Å². The lowest BCUT2D eigenvalue weighted by atomic mass is 10.0. The lowest BCUT2D eigenvalue weighted by Crippen LogP contribution is -2.32. The maximum absolute atomic E-state index is 13.3. The number of hydrogen-bond acceptors (Lipinski definition) is 6. The molecule has 0 fully saturated rings. The van der Waals surface area contributed by atoms with Crippen molar-refractivity contribution in [2.75, 3.05) is 17.3 Å². The highest BCUT2D eigenvalue weighted by molar-refractivity contribution is 6.46. The van der Waals surface area contributed by atoms with E-state index in [-0.39, 0.29) is 17.0 Å². The molecule has 0 saturated carbocycles. The minimum Gasteiger partial charge on any atom is -0.497 e. The average Bonchev–Trinajstić information content (AvgIpc) is 3.03. The molecule has 0 unspecified atom stereocenters. The number of carbonyl (C=O) groups excluding carboxylic acids is 2. The van der Waals surface area contributed by atoms with Gasteiger partial charge < -0.3 is 10.1 Å². The quantitative estimate of drug-likeness (QED) is 0.371. The first-order valence-electron chi connectivity index (χ1n) is 9.33. The van der Waals surface area contributed by atoms with Crippen molar-refractivity contribution < 1.29 is 19.2 Å².